The predicted octanol–water partition coefficient (Wildman–Crippen LogP) is 2.13. The highest BCUT2D eigenvalue weighted by Gasteiger charge is 2.18. The Bertz CT molecular complexity index is 1290. The van der Waals surface area contributed by atoms with E-state index in [-0.39, 0.29) is 19.0 Å². The first kappa shape index (κ1) is 18.8. The number of hydrogen-bond acceptors (Lipinski definition) is 5. The topological polar surface area (TPSA) is 86.0 Å². The standard InChI is InChI=1S/C21H18N4O3S/c1-24-20-16(19(27)25(21(24)28)13-14-7-3-2-4-8-14)11-17(29-20)18(26)23-12-15-9-5-6-10-22-15/h2-11H,12-13H2,1H3,(H,23,26). The summed E-state index contributed by atoms with van der Waals surface area (Å²) < 4.78 is 2.61. The Morgan fingerprint density at radius 3 is 2.59 bits per heavy atom. The van der Waals surface area contributed by atoms with Gasteiger partial charge in [-0.05, 0) is 23.8 Å². The number of fused-ring (bicyclic) bond motifs is 1. The Morgan fingerprint density at radius 2 is 1.86 bits per heavy atom. The van der Waals surface area contributed by atoms with Gasteiger partial charge in [0.15, 0.2) is 0 Å². The molecule has 4 aromatic rings. The molecule has 0 spiro atoms. The van der Waals surface area contributed by atoms with Crippen molar-refractivity contribution in [2.75, 3.05) is 0 Å². The predicted molar refractivity (Wildman–Crippen MR) is 112 cm³/mol. The van der Waals surface area contributed by atoms with Gasteiger partial charge >= 0.3 is 5.69 Å². The summed E-state index contributed by atoms with van der Waals surface area (Å²) in [4.78, 5) is 43.2. The number of thiophene rings is 1. The average Bonchev–Trinajstić information content (AvgIpc) is 3.21. The smallest absolute Gasteiger partial charge is 0.332 e. The van der Waals surface area contributed by atoms with Crippen LogP contribution in [0.15, 0.2) is 70.4 Å². The van der Waals surface area contributed by atoms with Crippen molar-refractivity contribution >= 4 is 27.5 Å². The minimum atomic E-state index is -0.409. The number of carbonyl (C=O) groups excluding carboxylic acids is 1. The molecule has 1 amide bonds. The lowest BCUT2D eigenvalue weighted by atomic mass is 10.2. The van der Waals surface area contributed by atoms with Crippen molar-refractivity contribution in [3.63, 3.8) is 0 Å². The maximum Gasteiger partial charge on any atom is 0.332 e. The van der Waals surface area contributed by atoms with E-state index in [1.54, 1.807) is 25.4 Å². The summed E-state index contributed by atoms with van der Waals surface area (Å²) in [5.74, 6) is -0.307. The van der Waals surface area contributed by atoms with Gasteiger partial charge in [0, 0.05) is 13.2 Å². The van der Waals surface area contributed by atoms with Crippen molar-refractivity contribution < 1.29 is 4.79 Å². The molecule has 0 saturated heterocycles. The molecule has 0 atom stereocenters. The van der Waals surface area contributed by atoms with E-state index in [1.165, 1.54) is 9.13 Å². The van der Waals surface area contributed by atoms with E-state index in [0.717, 1.165) is 22.6 Å². The van der Waals surface area contributed by atoms with Crippen LogP contribution in [0.4, 0.5) is 0 Å². The second-order valence-corrected chi connectivity index (χ2v) is 7.58. The summed E-state index contributed by atoms with van der Waals surface area (Å²) in [5, 5.41) is 3.15. The van der Waals surface area contributed by atoms with Crippen molar-refractivity contribution in [1.29, 1.82) is 0 Å². The number of aryl methyl sites for hydroxylation is 1. The zero-order valence-electron chi connectivity index (χ0n) is 15.7. The zero-order chi connectivity index (χ0) is 20.4. The van der Waals surface area contributed by atoms with Crippen LogP contribution in [0.1, 0.15) is 20.9 Å². The van der Waals surface area contributed by atoms with Crippen molar-refractivity contribution in [2.24, 2.45) is 7.05 Å². The molecule has 3 heterocycles. The first-order valence-electron chi connectivity index (χ1n) is 9.00. The number of rotatable bonds is 5. The lowest BCUT2D eigenvalue weighted by Gasteiger charge is -2.08. The third kappa shape index (κ3) is 3.74. The van der Waals surface area contributed by atoms with Crippen LogP contribution < -0.4 is 16.6 Å². The van der Waals surface area contributed by atoms with Crippen LogP contribution >= 0.6 is 11.3 Å². The van der Waals surface area contributed by atoms with Crippen LogP contribution in [0.5, 0.6) is 0 Å². The minimum Gasteiger partial charge on any atom is -0.346 e. The van der Waals surface area contributed by atoms with Crippen LogP contribution in [0, 0.1) is 0 Å². The first-order valence-corrected chi connectivity index (χ1v) is 9.81. The van der Waals surface area contributed by atoms with Gasteiger partial charge in [-0.15, -0.1) is 11.3 Å². The fourth-order valence-corrected chi connectivity index (χ4v) is 4.08. The van der Waals surface area contributed by atoms with Gasteiger partial charge in [-0.25, -0.2) is 4.79 Å². The highest BCUT2D eigenvalue weighted by Crippen LogP contribution is 2.21. The maximum absolute atomic E-state index is 12.9. The summed E-state index contributed by atoms with van der Waals surface area (Å²) in [6.45, 7) is 0.463. The number of aromatic nitrogens is 3. The lowest BCUT2D eigenvalue weighted by Crippen LogP contribution is -2.38. The second kappa shape index (κ2) is 7.84. The van der Waals surface area contributed by atoms with Crippen LogP contribution in [-0.2, 0) is 20.1 Å². The fraction of sp³-hybridized carbons (Fsp3) is 0.143. The van der Waals surface area contributed by atoms with E-state index in [9.17, 15) is 14.4 Å². The molecule has 7 nitrogen and oxygen atoms in total. The highest BCUT2D eigenvalue weighted by atomic mass is 32.1. The fourth-order valence-electron chi connectivity index (χ4n) is 3.06. The minimum absolute atomic E-state index is 0.180. The zero-order valence-corrected chi connectivity index (χ0v) is 16.5. The molecule has 0 aliphatic heterocycles. The van der Waals surface area contributed by atoms with Crippen LogP contribution in [-0.4, -0.2) is 20.0 Å². The molecule has 0 unspecified atom stereocenters. The van der Waals surface area contributed by atoms with E-state index in [4.69, 9.17) is 0 Å². The molecule has 0 bridgehead atoms. The Hall–Kier alpha value is -3.52. The number of amides is 1. The molecule has 0 aliphatic carbocycles. The average molecular weight is 406 g/mol. The quantitative estimate of drug-likeness (QED) is 0.550. The Labute approximate surface area is 169 Å². The molecule has 1 N–H and O–H groups in total. The molecule has 29 heavy (non-hydrogen) atoms. The molecule has 1 aromatic carbocycles. The summed E-state index contributed by atoms with van der Waals surface area (Å²) in [6, 6.07) is 16.3. The summed E-state index contributed by atoms with van der Waals surface area (Å²) in [5.41, 5.74) is 0.787. The van der Waals surface area contributed by atoms with Gasteiger partial charge in [0.05, 0.1) is 29.0 Å². The number of carbonyl (C=O) groups is 1. The second-order valence-electron chi connectivity index (χ2n) is 6.55. The van der Waals surface area contributed by atoms with Gasteiger partial charge in [0.2, 0.25) is 0 Å². The molecule has 0 radical (unpaired) electrons. The third-order valence-electron chi connectivity index (χ3n) is 4.57. The molecule has 0 saturated carbocycles. The molecule has 0 fully saturated rings. The van der Waals surface area contributed by atoms with Gasteiger partial charge in [0.1, 0.15) is 4.83 Å². The Balaban J connectivity index is 1.67. The molecule has 0 aliphatic rings. The summed E-state index contributed by atoms with van der Waals surface area (Å²) >= 11 is 1.13. The van der Waals surface area contributed by atoms with E-state index in [1.807, 2.05) is 42.5 Å². The number of benzene rings is 1. The van der Waals surface area contributed by atoms with Crippen molar-refractivity contribution in [3.05, 3.63) is 97.8 Å². The molecular formula is C21H18N4O3S. The number of hydrogen-bond donors (Lipinski definition) is 1. The monoisotopic (exact) mass is 406 g/mol. The first-order chi connectivity index (χ1) is 14.0. The van der Waals surface area contributed by atoms with Crippen molar-refractivity contribution in [2.45, 2.75) is 13.1 Å². The Kier molecular flexibility index (Phi) is 5.09. The van der Waals surface area contributed by atoms with Crippen molar-refractivity contribution in [3.8, 4) is 0 Å². The van der Waals surface area contributed by atoms with Crippen LogP contribution in [0.3, 0.4) is 0 Å². The normalized spacial score (nSPS) is 10.9. The van der Waals surface area contributed by atoms with Gasteiger partial charge in [-0.2, -0.15) is 0 Å². The number of pyridine rings is 1. The highest BCUT2D eigenvalue weighted by molar-refractivity contribution is 7.20. The van der Waals surface area contributed by atoms with Crippen molar-refractivity contribution in [1.82, 2.24) is 19.4 Å². The van der Waals surface area contributed by atoms with Gasteiger partial charge in [0.25, 0.3) is 11.5 Å². The number of nitrogens with one attached hydrogen (secondary N) is 1. The van der Waals surface area contributed by atoms with E-state index < -0.39 is 11.2 Å². The van der Waals surface area contributed by atoms with E-state index >= 15 is 0 Å². The SMILES string of the molecule is Cn1c(=O)n(Cc2ccccc2)c(=O)c2cc(C(=O)NCc3ccccn3)sc21. The van der Waals surface area contributed by atoms with Gasteiger partial charge in [-0.3, -0.25) is 23.7 Å². The van der Waals surface area contributed by atoms with Gasteiger partial charge in [-0.1, -0.05) is 36.4 Å². The Morgan fingerprint density at radius 1 is 1.10 bits per heavy atom. The number of nitrogens with zero attached hydrogens (tertiary/aromatic N) is 3. The van der Waals surface area contributed by atoms with Crippen LogP contribution in [0.2, 0.25) is 0 Å². The van der Waals surface area contributed by atoms with E-state index in [0.29, 0.717) is 15.1 Å². The largest absolute Gasteiger partial charge is 0.346 e. The summed E-state index contributed by atoms with van der Waals surface area (Å²) in [7, 11) is 1.61. The lowest BCUT2D eigenvalue weighted by molar-refractivity contribution is 0.0954. The summed E-state index contributed by atoms with van der Waals surface area (Å²) in [6.07, 6.45) is 1.66. The molecule has 4 rings (SSSR count). The van der Waals surface area contributed by atoms with Gasteiger partial charge < -0.3 is 5.32 Å². The molecule has 3 aromatic heterocycles. The molecule has 146 valence electrons. The maximum atomic E-state index is 12.9. The van der Waals surface area contributed by atoms with E-state index in [2.05, 4.69) is 10.3 Å². The third-order valence-corrected chi connectivity index (χ3v) is 5.78. The molecule has 8 heteroatoms. The molecular weight excluding hydrogens is 388 g/mol. The van der Waals surface area contributed by atoms with Crippen LogP contribution in [0.25, 0.3) is 10.2 Å².